The number of aromatic nitrogens is 5. The Labute approximate surface area is 193 Å². The van der Waals surface area contributed by atoms with E-state index >= 15 is 0 Å². The van der Waals surface area contributed by atoms with E-state index in [9.17, 15) is 14.7 Å². The highest BCUT2D eigenvalue weighted by Crippen LogP contribution is 2.41. The lowest BCUT2D eigenvalue weighted by atomic mass is 9.97. The highest BCUT2D eigenvalue weighted by molar-refractivity contribution is 6.52. The van der Waals surface area contributed by atoms with Crippen molar-refractivity contribution in [3.8, 4) is 5.69 Å². The van der Waals surface area contributed by atoms with E-state index in [1.807, 2.05) is 59.3 Å². The van der Waals surface area contributed by atoms with Crippen molar-refractivity contribution in [1.29, 1.82) is 0 Å². The quantitative estimate of drug-likeness (QED) is 0.413. The third kappa shape index (κ3) is 3.00. The summed E-state index contributed by atoms with van der Waals surface area (Å²) >= 11 is 0. The molecule has 0 saturated heterocycles. The van der Waals surface area contributed by atoms with Gasteiger partial charge in [0.2, 0.25) is 0 Å². The fourth-order valence-electron chi connectivity index (χ4n) is 4.72. The average Bonchev–Trinajstić information content (AvgIpc) is 3.51. The summed E-state index contributed by atoms with van der Waals surface area (Å²) < 4.78 is 3.60. The lowest BCUT2D eigenvalue weighted by molar-refractivity contribution is -0.119. The van der Waals surface area contributed by atoms with E-state index in [-0.39, 0.29) is 24.6 Å². The fraction of sp³-hybridized carbons (Fsp3) is 0.115. The van der Waals surface area contributed by atoms with Crippen LogP contribution in [0.4, 0.5) is 0 Å². The van der Waals surface area contributed by atoms with Crippen molar-refractivity contribution in [2.75, 3.05) is 6.61 Å². The van der Waals surface area contributed by atoms with Crippen molar-refractivity contribution in [2.24, 2.45) is 0 Å². The third-order valence-electron chi connectivity index (χ3n) is 6.14. The molecular formula is C26H19N5O3. The van der Waals surface area contributed by atoms with Crippen molar-refractivity contribution in [3.05, 3.63) is 84.7 Å². The van der Waals surface area contributed by atoms with E-state index in [2.05, 4.69) is 15.1 Å². The monoisotopic (exact) mass is 449 g/mol. The molecule has 0 bridgehead atoms. The topological polar surface area (TPSA) is 103 Å². The molecule has 2 aromatic carbocycles. The molecule has 34 heavy (non-hydrogen) atoms. The van der Waals surface area contributed by atoms with Crippen molar-refractivity contribution < 1.29 is 14.7 Å². The maximum absolute atomic E-state index is 13.2. The summed E-state index contributed by atoms with van der Waals surface area (Å²) in [7, 11) is 0. The third-order valence-corrected chi connectivity index (χ3v) is 6.14. The summed E-state index contributed by atoms with van der Waals surface area (Å²) in [5.41, 5.74) is 4.26. The summed E-state index contributed by atoms with van der Waals surface area (Å²) in [6.07, 6.45) is 6.53. The number of rotatable bonds is 5. The summed E-state index contributed by atoms with van der Waals surface area (Å²) in [6, 6.07) is 15.3. The van der Waals surface area contributed by atoms with Crippen LogP contribution in [0.15, 0.2) is 73.4 Å². The van der Waals surface area contributed by atoms with Gasteiger partial charge in [0.05, 0.1) is 54.3 Å². The number of hydrogen-bond donors (Lipinski definition) is 1. The molecule has 166 valence electrons. The second kappa shape index (κ2) is 7.86. The number of benzene rings is 2. The Morgan fingerprint density at radius 2 is 1.53 bits per heavy atom. The Morgan fingerprint density at radius 1 is 0.853 bits per heavy atom. The number of allylic oxidation sites excluding steroid dienone is 2. The molecule has 8 heteroatoms. The first-order valence-electron chi connectivity index (χ1n) is 10.9. The van der Waals surface area contributed by atoms with Gasteiger partial charge < -0.3 is 9.67 Å². The Bertz CT molecular complexity index is 1630. The minimum absolute atomic E-state index is 0.0868. The number of para-hydroxylation sites is 2. The lowest BCUT2D eigenvalue weighted by Gasteiger charge is -2.04. The van der Waals surface area contributed by atoms with E-state index in [1.54, 1.807) is 17.1 Å². The van der Waals surface area contributed by atoms with Crippen LogP contribution < -0.4 is 0 Å². The minimum Gasteiger partial charge on any atom is -0.394 e. The number of ketones is 2. The number of Topliss-reactive ketones (excluding diaryl/α,β-unsaturated/α-hetero) is 2. The van der Waals surface area contributed by atoms with E-state index in [1.165, 1.54) is 6.33 Å². The Hall–Kier alpha value is -4.43. The predicted molar refractivity (Wildman–Crippen MR) is 127 cm³/mol. The van der Waals surface area contributed by atoms with Crippen LogP contribution in [-0.4, -0.2) is 47.6 Å². The van der Waals surface area contributed by atoms with E-state index in [0.29, 0.717) is 28.9 Å². The van der Waals surface area contributed by atoms with E-state index < -0.39 is 0 Å². The first kappa shape index (κ1) is 20.2. The zero-order valence-corrected chi connectivity index (χ0v) is 18.0. The van der Waals surface area contributed by atoms with Crippen molar-refractivity contribution in [3.63, 3.8) is 0 Å². The van der Waals surface area contributed by atoms with Gasteiger partial charge in [-0.05, 0) is 12.1 Å². The SMILES string of the molecule is O=C1CC(=O)C(c2nn(CCO)c3ccccc23)=C1c1cn(-c2cncnc2)c2ccccc12. The van der Waals surface area contributed by atoms with Gasteiger partial charge in [0.1, 0.15) is 12.0 Å². The van der Waals surface area contributed by atoms with Gasteiger partial charge in [-0.15, -0.1) is 0 Å². The molecule has 1 aliphatic rings. The van der Waals surface area contributed by atoms with Crippen LogP contribution in [0.3, 0.4) is 0 Å². The maximum atomic E-state index is 13.2. The molecule has 8 nitrogen and oxygen atoms in total. The molecule has 0 amide bonds. The number of carbonyl (C=O) groups excluding carboxylic acids is 2. The Balaban J connectivity index is 1.66. The molecule has 0 saturated carbocycles. The number of nitrogens with zero attached hydrogens (tertiary/aromatic N) is 5. The summed E-state index contributed by atoms with van der Waals surface area (Å²) in [5.74, 6) is -0.479. The predicted octanol–water partition coefficient (Wildman–Crippen LogP) is 3.22. The summed E-state index contributed by atoms with van der Waals surface area (Å²) in [6.45, 7) is 0.203. The molecule has 0 radical (unpaired) electrons. The van der Waals surface area contributed by atoms with E-state index in [0.717, 1.165) is 27.5 Å². The van der Waals surface area contributed by atoms with Crippen LogP contribution >= 0.6 is 0 Å². The zero-order chi connectivity index (χ0) is 23.2. The molecular weight excluding hydrogens is 430 g/mol. The molecule has 0 spiro atoms. The molecule has 0 atom stereocenters. The maximum Gasteiger partial charge on any atom is 0.173 e. The van der Waals surface area contributed by atoms with Gasteiger partial charge >= 0.3 is 0 Å². The zero-order valence-electron chi connectivity index (χ0n) is 18.0. The normalized spacial score (nSPS) is 14.1. The molecule has 1 N–H and O–H groups in total. The highest BCUT2D eigenvalue weighted by atomic mass is 16.3. The number of carbonyl (C=O) groups is 2. The van der Waals surface area contributed by atoms with Crippen LogP contribution in [0.1, 0.15) is 17.7 Å². The van der Waals surface area contributed by atoms with Crippen LogP contribution in [0.5, 0.6) is 0 Å². The molecule has 0 unspecified atom stereocenters. The van der Waals surface area contributed by atoms with Crippen molar-refractivity contribution >= 4 is 44.5 Å². The van der Waals surface area contributed by atoms with Crippen LogP contribution in [0.25, 0.3) is 38.6 Å². The molecule has 3 heterocycles. The Kier molecular flexibility index (Phi) is 4.67. The smallest absolute Gasteiger partial charge is 0.173 e. The largest absolute Gasteiger partial charge is 0.394 e. The summed E-state index contributed by atoms with van der Waals surface area (Å²) in [5, 5.41) is 15.8. The van der Waals surface area contributed by atoms with Gasteiger partial charge in [-0.1, -0.05) is 36.4 Å². The van der Waals surface area contributed by atoms with Crippen LogP contribution in [0, 0.1) is 0 Å². The van der Waals surface area contributed by atoms with Gasteiger partial charge in [0, 0.05) is 28.1 Å². The van der Waals surface area contributed by atoms with Gasteiger partial charge in [-0.2, -0.15) is 5.10 Å². The van der Waals surface area contributed by atoms with Crippen molar-refractivity contribution in [2.45, 2.75) is 13.0 Å². The van der Waals surface area contributed by atoms with Gasteiger partial charge in [-0.25, -0.2) is 9.97 Å². The highest BCUT2D eigenvalue weighted by Gasteiger charge is 2.36. The number of hydrogen-bond acceptors (Lipinski definition) is 6. The van der Waals surface area contributed by atoms with Crippen LogP contribution in [-0.2, 0) is 16.1 Å². The van der Waals surface area contributed by atoms with Gasteiger partial charge in [-0.3, -0.25) is 14.3 Å². The second-order valence-electron chi connectivity index (χ2n) is 8.11. The molecule has 6 rings (SSSR count). The molecule has 0 aliphatic heterocycles. The van der Waals surface area contributed by atoms with Crippen molar-refractivity contribution in [1.82, 2.24) is 24.3 Å². The van der Waals surface area contributed by atoms with E-state index in [4.69, 9.17) is 0 Å². The molecule has 3 aromatic heterocycles. The molecule has 5 aromatic rings. The summed E-state index contributed by atoms with van der Waals surface area (Å²) in [4.78, 5) is 34.7. The van der Waals surface area contributed by atoms with Gasteiger partial charge in [0.25, 0.3) is 0 Å². The minimum atomic E-state index is -0.251. The molecule has 1 aliphatic carbocycles. The lowest BCUT2D eigenvalue weighted by Crippen LogP contribution is -2.05. The number of fused-ring (bicyclic) bond motifs is 2. The number of aliphatic hydroxyl groups is 1. The average molecular weight is 449 g/mol. The van der Waals surface area contributed by atoms with Gasteiger partial charge in [0.15, 0.2) is 11.6 Å². The molecule has 0 fully saturated rings. The van der Waals surface area contributed by atoms with Crippen LogP contribution in [0.2, 0.25) is 0 Å². The fourth-order valence-corrected chi connectivity index (χ4v) is 4.72. The first-order chi connectivity index (χ1) is 16.7. The Morgan fingerprint density at radius 3 is 2.29 bits per heavy atom. The second-order valence-corrected chi connectivity index (χ2v) is 8.11. The first-order valence-corrected chi connectivity index (χ1v) is 10.9. The number of aliphatic hydroxyl groups excluding tert-OH is 1. The standard InChI is InChI=1S/C26H19N5O3/c32-10-9-31-21-8-4-2-6-18(21)26(29-31)25-23(34)11-22(33)24(25)19-14-30(16-12-27-15-28-13-16)20-7-3-1-5-17(19)20/h1-8,12-15,32H,9-11H2.